The van der Waals surface area contributed by atoms with Crippen LogP contribution in [0.2, 0.25) is 5.02 Å². The van der Waals surface area contributed by atoms with Gasteiger partial charge < -0.3 is 19.2 Å². The number of halogens is 1. The molecular formula is C23H20ClN3O4. The quantitative estimate of drug-likeness (QED) is 0.419. The highest BCUT2D eigenvalue weighted by atomic mass is 35.5. The topological polar surface area (TPSA) is 78.5 Å². The smallest absolute Gasteiger partial charge is 0.291 e. The van der Waals surface area contributed by atoms with Gasteiger partial charge in [0, 0.05) is 11.2 Å². The van der Waals surface area contributed by atoms with E-state index in [1.54, 1.807) is 60.6 Å². The van der Waals surface area contributed by atoms with Crippen LogP contribution >= 0.6 is 11.6 Å². The van der Waals surface area contributed by atoms with Crippen LogP contribution in [0.5, 0.6) is 11.5 Å². The van der Waals surface area contributed by atoms with Crippen molar-refractivity contribution >= 4 is 23.2 Å². The molecule has 1 amide bonds. The molecule has 2 heterocycles. The van der Waals surface area contributed by atoms with Gasteiger partial charge in [0.1, 0.15) is 23.9 Å². The zero-order chi connectivity index (χ0) is 21.6. The van der Waals surface area contributed by atoms with E-state index in [1.165, 1.54) is 0 Å². The van der Waals surface area contributed by atoms with E-state index in [2.05, 4.69) is 10.4 Å². The number of furan rings is 1. The van der Waals surface area contributed by atoms with Crippen molar-refractivity contribution in [2.45, 2.75) is 13.2 Å². The number of nitrogens with zero attached hydrogens (tertiary/aromatic N) is 2. The lowest BCUT2D eigenvalue weighted by Gasteiger charge is -2.05. The molecule has 1 N–H and O–H groups in total. The molecule has 4 aromatic rings. The fourth-order valence-electron chi connectivity index (χ4n) is 2.95. The molecule has 0 fully saturated rings. The fraction of sp³-hybridized carbons (Fsp3) is 0.130. The molecule has 31 heavy (non-hydrogen) atoms. The summed E-state index contributed by atoms with van der Waals surface area (Å²) in [6, 6.07) is 18.1. The van der Waals surface area contributed by atoms with Crippen molar-refractivity contribution in [3.05, 3.63) is 95.2 Å². The molecule has 8 heteroatoms. The Morgan fingerprint density at radius 3 is 2.81 bits per heavy atom. The number of rotatable bonds is 8. The molecule has 158 valence electrons. The minimum atomic E-state index is -0.366. The first-order chi connectivity index (χ1) is 15.1. The number of benzene rings is 2. The minimum Gasteiger partial charge on any atom is -0.497 e. The average Bonchev–Trinajstić information content (AvgIpc) is 3.42. The van der Waals surface area contributed by atoms with Gasteiger partial charge >= 0.3 is 0 Å². The summed E-state index contributed by atoms with van der Waals surface area (Å²) in [7, 11) is 1.63. The lowest BCUT2D eigenvalue weighted by atomic mass is 10.2. The van der Waals surface area contributed by atoms with E-state index in [1.807, 2.05) is 24.3 Å². The van der Waals surface area contributed by atoms with Crippen LogP contribution in [-0.4, -0.2) is 22.8 Å². The van der Waals surface area contributed by atoms with Crippen LogP contribution in [0.3, 0.4) is 0 Å². The van der Waals surface area contributed by atoms with Crippen LogP contribution in [0.4, 0.5) is 5.69 Å². The molecule has 0 aliphatic carbocycles. The molecule has 0 unspecified atom stereocenters. The summed E-state index contributed by atoms with van der Waals surface area (Å²) in [6.07, 6.45) is 3.34. The summed E-state index contributed by atoms with van der Waals surface area (Å²) in [5, 5.41) is 7.66. The Morgan fingerprint density at radius 2 is 1.97 bits per heavy atom. The third-order valence-corrected chi connectivity index (χ3v) is 4.67. The van der Waals surface area contributed by atoms with Gasteiger partial charge in [-0.3, -0.25) is 9.48 Å². The van der Waals surface area contributed by atoms with Gasteiger partial charge in [0.25, 0.3) is 5.91 Å². The number of amides is 1. The maximum Gasteiger partial charge on any atom is 0.291 e. The molecule has 0 radical (unpaired) electrons. The van der Waals surface area contributed by atoms with Crippen molar-refractivity contribution < 1.29 is 18.7 Å². The number of hydrogen-bond acceptors (Lipinski definition) is 5. The van der Waals surface area contributed by atoms with Crippen molar-refractivity contribution in [2.24, 2.45) is 0 Å². The third kappa shape index (κ3) is 5.46. The number of methoxy groups -OCH3 is 1. The second-order valence-electron chi connectivity index (χ2n) is 6.74. The standard InChI is InChI=1S/C23H20ClN3O4/c1-29-19-6-2-4-16(10-19)13-27-14-18(12-25-27)26-23(28)22-9-8-21(31-22)15-30-20-7-3-5-17(24)11-20/h2-12,14H,13,15H2,1H3,(H,26,28). The van der Waals surface area contributed by atoms with E-state index in [9.17, 15) is 4.79 Å². The van der Waals surface area contributed by atoms with Gasteiger partial charge in [0.15, 0.2) is 5.76 Å². The summed E-state index contributed by atoms with van der Waals surface area (Å²) >= 11 is 5.94. The molecule has 0 aliphatic heterocycles. The van der Waals surface area contributed by atoms with Crippen LogP contribution in [0, 0.1) is 0 Å². The van der Waals surface area contributed by atoms with Gasteiger partial charge in [-0.2, -0.15) is 5.10 Å². The number of anilines is 1. The molecule has 0 saturated heterocycles. The molecule has 0 saturated carbocycles. The summed E-state index contributed by atoms with van der Waals surface area (Å²) in [4.78, 5) is 12.5. The van der Waals surface area contributed by atoms with E-state index < -0.39 is 0 Å². The van der Waals surface area contributed by atoms with Crippen LogP contribution < -0.4 is 14.8 Å². The number of carbonyl (C=O) groups is 1. The first-order valence-electron chi connectivity index (χ1n) is 9.53. The first-order valence-corrected chi connectivity index (χ1v) is 9.90. The molecule has 2 aromatic heterocycles. The maximum absolute atomic E-state index is 12.5. The fourth-order valence-corrected chi connectivity index (χ4v) is 3.13. The van der Waals surface area contributed by atoms with E-state index in [0.29, 0.717) is 28.8 Å². The van der Waals surface area contributed by atoms with Crippen molar-refractivity contribution in [1.29, 1.82) is 0 Å². The summed E-state index contributed by atoms with van der Waals surface area (Å²) in [5.41, 5.74) is 1.61. The summed E-state index contributed by atoms with van der Waals surface area (Å²) in [6.45, 7) is 0.741. The lowest BCUT2D eigenvalue weighted by molar-refractivity contribution is 0.0992. The van der Waals surface area contributed by atoms with Gasteiger partial charge in [-0.1, -0.05) is 29.8 Å². The van der Waals surface area contributed by atoms with Crippen molar-refractivity contribution in [1.82, 2.24) is 9.78 Å². The molecule has 7 nitrogen and oxygen atoms in total. The van der Waals surface area contributed by atoms with Crippen LogP contribution in [-0.2, 0) is 13.2 Å². The summed E-state index contributed by atoms with van der Waals surface area (Å²) < 4.78 is 18.2. The lowest BCUT2D eigenvalue weighted by Crippen LogP contribution is -2.10. The Labute approximate surface area is 184 Å². The van der Waals surface area contributed by atoms with Crippen molar-refractivity contribution in [3.63, 3.8) is 0 Å². The minimum absolute atomic E-state index is 0.185. The Balaban J connectivity index is 1.33. The molecule has 2 aromatic carbocycles. The molecule has 0 spiro atoms. The predicted molar refractivity (Wildman–Crippen MR) is 117 cm³/mol. The van der Waals surface area contributed by atoms with Crippen molar-refractivity contribution in [3.8, 4) is 11.5 Å². The molecule has 0 atom stereocenters. The predicted octanol–water partition coefficient (Wildman–Crippen LogP) is 5.02. The van der Waals surface area contributed by atoms with Gasteiger partial charge in [-0.25, -0.2) is 0 Å². The largest absolute Gasteiger partial charge is 0.497 e. The third-order valence-electron chi connectivity index (χ3n) is 4.43. The van der Waals surface area contributed by atoms with E-state index >= 15 is 0 Å². The number of hydrogen-bond donors (Lipinski definition) is 1. The van der Waals surface area contributed by atoms with Crippen LogP contribution in [0.1, 0.15) is 21.9 Å². The zero-order valence-electron chi connectivity index (χ0n) is 16.7. The first kappa shape index (κ1) is 20.6. The summed E-state index contributed by atoms with van der Waals surface area (Å²) in [5.74, 6) is 1.75. The van der Waals surface area contributed by atoms with Crippen molar-refractivity contribution in [2.75, 3.05) is 12.4 Å². The van der Waals surface area contributed by atoms with E-state index in [-0.39, 0.29) is 18.3 Å². The van der Waals surface area contributed by atoms with Crippen LogP contribution in [0.25, 0.3) is 0 Å². The number of carbonyl (C=O) groups excluding carboxylic acids is 1. The Hall–Kier alpha value is -3.71. The highest BCUT2D eigenvalue weighted by molar-refractivity contribution is 6.30. The Bertz CT molecular complexity index is 1180. The molecular weight excluding hydrogens is 418 g/mol. The Morgan fingerprint density at radius 1 is 1.13 bits per heavy atom. The van der Waals surface area contributed by atoms with Gasteiger partial charge in [0.05, 0.1) is 25.5 Å². The van der Waals surface area contributed by atoms with Gasteiger partial charge in [-0.15, -0.1) is 0 Å². The van der Waals surface area contributed by atoms with E-state index in [0.717, 1.165) is 11.3 Å². The van der Waals surface area contributed by atoms with Crippen LogP contribution in [0.15, 0.2) is 77.5 Å². The normalized spacial score (nSPS) is 10.6. The highest BCUT2D eigenvalue weighted by Gasteiger charge is 2.13. The highest BCUT2D eigenvalue weighted by Crippen LogP contribution is 2.20. The molecule has 4 rings (SSSR count). The molecule has 0 bridgehead atoms. The second kappa shape index (κ2) is 9.40. The van der Waals surface area contributed by atoms with E-state index in [4.69, 9.17) is 25.5 Å². The second-order valence-corrected chi connectivity index (χ2v) is 7.18. The monoisotopic (exact) mass is 437 g/mol. The average molecular weight is 438 g/mol. The molecule has 0 aliphatic rings. The van der Waals surface area contributed by atoms with Gasteiger partial charge in [0.2, 0.25) is 0 Å². The van der Waals surface area contributed by atoms with Gasteiger partial charge in [-0.05, 0) is 48.0 Å². The number of ether oxygens (including phenoxy) is 2. The Kier molecular flexibility index (Phi) is 6.24. The maximum atomic E-state index is 12.5. The number of aromatic nitrogens is 2. The number of nitrogens with one attached hydrogen (secondary N) is 1. The zero-order valence-corrected chi connectivity index (χ0v) is 17.5. The SMILES string of the molecule is COc1cccc(Cn2cc(NC(=O)c3ccc(COc4cccc(Cl)c4)o3)cn2)c1.